The molecule has 0 spiro atoms. The number of benzene rings is 2. The van der Waals surface area contributed by atoms with Gasteiger partial charge in [0.1, 0.15) is 19.0 Å². The van der Waals surface area contributed by atoms with Gasteiger partial charge in [-0.15, -0.1) is 0 Å². The van der Waals surface area contributed by atoms with Crippen molar-refractivity contribution in [3.63, 3.8) is 0 Å². The first-order chi connectivity index (χ1) is 13.0. The molecule has 1 saturated heterocycles. The molecule has 1 aliphatic rings. The van der Waals surface area contributed by atoms with Gasteiger partial charge >= 0.3 is 5.97 Å². The highest BCUT2D eigenvalue weighted by atomic mass is 35.5. The Morgan fingerprint density at radius 2 is 1.74 bits per heavy atom. The van der Waals surface area contributed by atoms with Crippen molar-refractivity contribution in [2.45, 2.75) is 12.8 Å². The van der Waals surface area contributed by atoms with Gasteiger partial charge in [0.15, 0.2) is 0 Å². The van der Waals surface area contributed by atoms with Gasteiger partial charge < -0.3 is 9.47 Å². The molecule has 0 radical (unpaired) electrons. The van der Waals surface area contributed by atoms with Crippen LogP contribution < -0.4 is 9.64 Å². The number of carbonyl (C=O) groups is 3. The Kier molecular flexibility index (Phi) is 5.98. The Morgan fingerprint density at radius 1 is 1.00 bits per heavy atom. The van der Waals surface area contributed by atoms with Crippen LogP contribution in [0.25, 0.3) is 0 Å². The highest BCUT2D eigenvalue weighted by Gasteiger charge is 2.30. The molecule has 0 aromatic heterocycles. The summed E-state index contributed by atoms with van der Waals surface area (Å²) in [5.41, 5.74) is 0.602. The second-order valence-corrected chi connectivity index (χ2v) is 6.58. The summed E-state index contributed by atoms with van der Waals surface area (Å²) in [7, 11) is 0. The van der Waals surface area contributed by atoms with E-state index in [1.807, 2.05) is 0 Å². The van der Waals surface area contributed by atoms with Crippen molar-refractivity contribution in [3.05, 3.63) is 58.1 Å². The number of carbonyl (C=O) groups excluding carboxylic acids is 3. The number of esters is 1. The molecular weight excluding hydrogens is 393 g/mol. The summed E-state index contributed by atoms with van der Waals surface area (Å²) in [5.74, 6) is -0.704. The summed E-state index contributed by atoms with van der Waals surface area (Å²) in [5, 5.41) is 0.857. The molecule has 27 heavy (non-hydrogen) atoms. The number of imide groups is 1. The maximum atomic E-state index is 12.2. The Balaban J connectivity index is 1.56. The van der Waals surface area contributed by atoms with Gasteiger partial charge in [0.25, 0.3) is 0 Å². The van der Waals surface area contributed by atoms with E-state index in [4.69, 9.17) is 32.7 Å². The quantitative estimate of drug-likeness (QED) is 0.412. The van der Waals surface area contributed by atoms with Crippen molar-refractivity contribution < 1.29 is 23.9 Å². The van der Waals surface area contributed by atoms with Gasteiger partial charge in [0.2, 0.25) is 11.8 Å². The Bertz CT molecular complexity index is 883. The lowest BCUT2D eigenvalue weighted by Crippen LogP contribution is -2.28. The molecule has 2 aromatic rings. The number of ether oxygens (including phenoxy) is 2. The largest absolute Gasteiger partial charge is 0.488 e. The first-order valence-electron chi connectivity index (χ1n) is 8.16. The third-order valence-corrected chi connectivity index (χ3v) is 4.39. The number of rotatable bonds is 6. The number of halogens is 2. The number of amides is 2. The van der Waals surface area contributed by atoms with Crippen LogP contribution in [0.5, 0.6) is 5.75 Å². The van der Waals surface area contributed by atoms with E-state index in [0.29, 0.717) is 21.5 Å². The molecule has 0 saturated carbocycles. The minimum atomic E-state index is -0.582. The maximum Gasteiger partial charge on any atom is 0.338 e. The molecular formula is C19H15Cl2NO5. The predicted molar refractivity (Wildman–Crippen MR) is 100 cm³/mol. The smallest absolute Gasteiger partial charge is 0.338 e. The molecule has 1 fully saturated rings. The average molecular weight is 408 g/mol. The molecule has 140 valence electrons. The molecule has 2 amide bonds. The van der Waals surface area contributed by atoms with Crippen LogP contribution in [0.4, 0.5) is 5.69 Å². The summed E-state index contributed by atoms with van der Waals surface area (Å²) in [6.07, 6.45) is 0.357. The van der Waals surface area contributed by atoms with E-state index in [1.54, 1.807) is 36.4 Å². The normalized spacial score (nSPS) is 13.8. The van der Waals surface area contributed by atoms with Crippen LogP contribution in [-0.2, 0) is 14.3 Å². The predicted octanol–water partition coefficient (Wildman–Crippen LogP) is 3.88. The van der Waals surface area contributed by atoms with E-state index in [2.05, 4.69) is 0 Å². The number of hydrogen-bond donors (Lipinski definition) is 0. The first-order valence-corrected chi connectivity index (χ1v) is 8.92. The van der Waals surface area contributed by atoms with Gasteiger partial charge in [-0.2, -0.15) is 0 Å². The molecule has 6 nitrogen and oxygen atoms in total. The number of hydrogen-bond acceptors (Lipinski definition) is 5. The molecule has 1 aliphatic heterocycles. The topological polar surface area (TPSA) is 72.9 Å². The SMILES string of the molecule is O=C(OCCOc1ccc(Cl)cc1Cl)c1cccc(N2C(=O)CCC2=O)c1. The molecule has 8 heteroatoms. The lowest BCUT2D eigenvalue weighted by atomic mass is 10.2. The Hall–Kier alpha value is -2.57. The highest BCUT2D eigenvalue weighted by molar-refractivity contribution is 6.35. The monoisotopic (exact) mass is 407 g/mol. The Labute approximate surface area is 165 Å². The third-order valence-electron chi connectivity index (χ3n) is 3.86. The lowest BCUT2D eigenvalue weighted by Gasteiger charge is -2.14. The van der Waals surface area contributed by atoms with Crippen molar-refractivity contribution in [2.75, 3.05) is 18.1 Å². The zero-order valence-corrected chi connectivity index (χ0v) is 15.6. The van der Waals surface area contributed by atoms with Crippen molar-refractivity contribution in [2.24, 2.45) is 0 Å². The third kappa shape index (κ3) is 4.59. The van der Waals surface area contributed by atoms with Gasteiger partial charge in [-0.3, -0.25) is 14.5 Å². The van der Waals surface area contributed by atoms with Gasteiger partial charge in [-0.1, -0.05) is 29.3 Å². The highest BCUT2D eigenvalue weighted by Crippen LogP contribution is 2.27. The van der Waals surface area contributed by atoms with E-state index in [9.17, 15) is 14.4 Å². The van der Waals surface area contributed by atoms with E-state index in [1.165, 1.54) is 6.07 Å². The fourth-order valence-corrected chi connectivity index (χ4v) is 3.06. The van der Waals surface area contributed by atoms with Crippen molar-refractivity contribution in [1.29, 1.82) is 0 Å². The summed E-state index contributed by atoms with van der Waals surface area (Å²) in [4.78, 5) is 36.9. The van der Waals surface area contributed by atoms with Crippen LogP contribution >= 0.6 is 23.2 Å². The van der Waals surface area contributed by atoms with Crippen molar-refractivity contribution in [1.82, 2.24) is 0 Å². The summed E-state index contributed by atoms with van der Waals surface area (Å²) in [6, 6.07) is 11.0. The summed E-state index contributed by atoms with van der Waals surface area (Å²) < 4.78 is 10.6. The molecule has 1 heterocycles. The van der Waals surface area contributed by atoms with Crippen molar-refractivity contribution in [3.8, 4) is 5.75 Å². The molecule has 0 aliphatic carbocycles. The van der Waals surface area contributed by atoms with Gasteiger partial charge in [0.05, 0.1) is 16.3 Å². The molecule has 3 rings (SSSR count). The van der Waals surface area contributed by atoms with E-state index in [-0.39, 0.29) is 43.4 Å². The van der Waals surface area contributed by atoms with Gasteiger partial charge in [-0.25, -0.2) is 4.79 Å². The minimum Gasteiger partial charge on any atom is -0.488 e. The van der Waals surface area contributed by atoms with Crippen LogP contribution in [0.3, 0.4) is 0 Å². The van der Waals surface area contributed by atoms with Gasteiger partial charge in [-0.05, 0) is 36.4 Å². The molecule has 2 aromatic carbocycles. The van der Waals surface area contributed by atoms with Crippen LogP contribution in [0.2, 0.25) is 10.0 Å². The van der Waals surface area contributed by atoms with E-state index >= 15 is 0 Å². The number of anilines is 1. The second-order valence-electron chi connectivity index (χ2n) is 5.73. The summed E-state index contributed by atoms with van der Waals surface area (Å²) in [6.45, 7) is 0.111. The fourth-order valence-electron chi connectivity index (χ4n) is 2.60. The second kappa shape index (κ2) is 8.41. The van der Waals surface area contributed by atoms with E-state index < -0.39 is 5.97 Å². The molecule has 0 atom stereocenters. The lowest BCUT2D eigenvalue weighted by molar-refractivity contribution is -0.121. The standard InChI is InChI=1S/C19H15Cl2NO5/c20-13-4-5-16(15(21)11-13)26-8-9-27-19(25)12-2-1-3-14(10-12)22-17(23)6-7-18(22)24/h1-5,10-11H,6-9H2. The minimum absolute atomic E-state index is 0.00356. The number of nitrogens with zero attached hydrogens (tertiary/aromatic N) is 1. The first kappa shape index (κ1) is 19.2. The Morgan fingerprint density at radius 3 is 2.44 bits per heavy atom. The van der Waals surface area contributed by atoms with E-state index in [0.717, 1.165) is 4.90 Å². The van der Waals surface area contributed by atoms with Gasteiger partial charge in [0, 0.05) is 17.9 Å². The van der Waals surface area contributed by atoms with Crippen LogP contribution in [-0.4, -0.2) is 31.0 Å². The summed E-state index contributed by atoms with van der Waals surface area (Å²) >= 11 is 11.8. The average Bonchev–Trinajstić information content (AvgIpc) is 2.98. The maximum absolute atomic E-state index is 12.2. The molecule has 0 N–H and O–H groups in total. The molecule has 0 bridgehead atoms. The van der Waals surface area contributed by atoms with Crippen molar-refractivity contribution >= 4 is 46.7 Å². The van der Waals surface area contributed by atoms with Crippen LogP contribution in [0.1, 0.15) is 23.2 Å². The zero-order chi connectivity index (χ0) is 19.4. The zero-order valence-electron chi connectivity index (χ0n) is 14.1. The van der Waals surface area contributed by atoms with Crippen LogP contribution in [0.15, 0.2) is 42.5 Å². The fraction of sp³-hybridized carbons (Fsp3) is 0.211. The van der Waals surface area contributed by atoms with Crippen LogP contribution in [0, 0.1) is 0 Å². The molecule has 0 unspecified atom stereocenters.